The molecule has 0 bridgehead atoms. The molecule has 2 aliphatic rings. The number of sulfone groups is 1. The summed E-state index contributed by atoms with van der Waals surface area (Å²) in [6.07, 6.45) is 5.83. The number of amides is 1. The Labute approximate surface area is 208 Å². The van der Waals surface area contributed by atoms with Gasteiger partial charge in [0.1, 0.15) is 16.6 Å². The lowest BCUT2D eigenvalue weighted by atomic mass is 9.65. The van der Waals surface area contributed by atoms with Crippen molar-refractivity contribution in [2.24, 2.45) is 10.4 Å². The highest BCUT2D eigenvalue weighted by Gasteiger charge is 2.64. The van der Waals surface area contributed by atoms with E-state index in [1.54, 1.807) is 41.9 Å². The smallest absolute Gasteiger partial charge is 0.306 e. The van der Waals surface area contributed by atoms with Crippen LogP contribution in [0.3, 0.4) is 0 Å². The Hall–Kier alpha value is -3.37. The first-order chi connectivity index (χ1) is 17.2. The largest absolute Gasteiger partial charge is 0.469 e. The number of rotatable bonds is 8. The van der Waals surface area contributed by atoms with Crippen LogP contribution in [-0.4, -0.2) is 49.6 Å². The number of hydroxylamine groups is 1. The zero-order chi connectivity index (χ0) is 26.0. The number of esters is 1. The molecule has 190 valence electrons. The van der Waals surface area contributed by atoms with Crippen molar-refractivity contribution < 1.29 is 32.3 Å². The fourth-order valence-corrected chi connectivity index (χ4v) is 7.49. The molecule has 1 saturated carbocycles. The van der Waals surface area contributed by atoms with Crippen LogP contribution in [-0.2, 0) is 24.2 Å². The van der Waals surface area contributed by atoms with Crippen LogP contribution in [0.4, 0.5) is 4.39 Å². The maximum atomic E-state index is 14.1. The highest BCUT2D eigenvalue weighted by Crippen LogP contribution is 2.54. The molecule has 2 aromatic carbocycles. The van der Waals surface area contributed by atoms with Crippen molar-refractivity contribution in [2.75, 3.05) is 7.11 Å². The van der Waals surface area contributed by atoms with E-state index >= 15 is 0 Å². The lowest BCUT2D eigenvalue weighted by Gasteiger charge is -2.45. The fraction of sp³-hybridized carbons (Fsp3) is 0.346. The molecule has 10 heteroatoms. The standard InChI is InChI=1S/C26H27FN2O6S/c1-35-23(30)17-22(26(15-4-16-28-26)25(24(31)29-32)13-2-3-14-25)36(33,34)21-11-7-19(8-12-21)18-5-9-20(27)10-6-18/h4-12,15-16,22,32H,2-3,13-14,17H2,1H3,(H,29,31). The van der Waals surface area contributed by atoms with E-state index in [1.165, 1.54) is 30.5 Å². The molecular formula is C26H27FN2O6S. The van der Waals surface area contributed by atoms with Crippen molar-refractivity contribution in [1.82, 2.24) is 5.48 Å². The third kappa shape index (κ3) is 4.24. The van der Waals surface area contributed by atoms with Crippen molar-refractivity contribution in [3.63, 3.8) is 0 Å². The van der Waals surface area contributed by atoms with Gasteiger partial charge in [-0.1, -0.05) is 43.2 Å². The summed E-state index contributed by atoms with van der Waals surface area (Å²) >= 11 is 0. The van der Waals surface area contributed by atoms with E-state index in [0.29, 0.717) is 24.0 Å². The lowest BCUT2D eigenvalue weighted by molar-refractivity contribution is -0.145. The second-order valence-electron chi connectivity index (χ2n) is 9.04. The van der Waals surface area contributed by atoms with Crippen LogP contribution in [0.2, 0.25) is 0 Å². The van der Waals surface area contributed by atoms with Crippen LogP contribution < -0.4 is 5.48 Å². The van der Waals surface area contributed by atoms with Crippen molar-refractivity contribution in [2.45, 2.75) is 47.8 Å². The summed E-state index contributed by atoms with van der Waals surface area (Å²) < 4.78 is 46.4. The SMILES string of the molecule is COC(=O)CC(C1(C2(C(=O)NO)CCCC2)C=CC=N1)S(=O)(=O)c1ccc(-c2ccc(F)cc2)cc1. The van der Waals surface area contributed by atoms with Gasteiger partial charge in [-0.2, -0.15) is 0 Å². The molecule has 1 fully saturated rings. The third-order valence-corrected chi connectivity index (χ3v) is 9.49. The number of carbonyl (C=O) groups is 2. The predicted molar refractivity (Wildman–Crippen MR) is 131 cm³/mol. The van der Waals surface area contributed by atoms with E-state index in [1.807, 2.05) is 0 Å². The zero-order valence-corrected chi connectivity index (χ0v) is 20.5. The second kappa shape index (κ2) is 9.94. The molecule has 0 aromatic heterocycles. The summed E-state index contributed by atoms with van der Waals surface area (Å²) in [6, 6.07) is 11.8. The molecule has 1 aliphatic carbocycles. The minimum Gasteiger partial charge on any atom is -0.469 e. The first-order valence-corrected chi connectivity index (χ1v) is 13.1. The normalized spacial score (nSPS) is 21.3. The van der Waals surface area contributed by atoms with Gasteiger partial charge in [0.25, 0.3) is 5.91 Å². The molecule has 1 heterocycles. The Morgan fingerprint density at radius 3 is 2.17 bits per heavy atom. The number of nitrogens with one attached hydrogen (secondary N) is 1. The molecule has 0 radical (unpaired) electrons. The number of benzene rings is 2. The molecule has 1 amide bonds. The van der Waals surface area contributed by atoms with Gasteiger partial charge in [0, 0.05) is 6.21 Å². The summed E-state index contributed by atoms with van der Waals surface area (Å²) in [7, 11) is -3.10. The molecule has 2 atom stereocenters. The Morgan fingerprint density at radius 2 is 1.67 bits per heavy atom. The molecule has 2 unspecified atom stereocenters. The van der Waals surface area contributed by atoms with Crippen molar-refractivity contribution >= 4 is 27.9 Å². The van der Waals surface area contributed by atoms with Gasteiger partial charge in [-0.25, -0.2) is 18.3 Å². The molecule has 2 aromatic rings. The van der Waals surface area contributed by atoms with Gasteiger partial charge in [0.2, 0.25) is 0 Å². The molecule has 0 saturated heterocycles. The van der Waals surface area contributed by atoms with Crippen LogP contribution in [0.15, 0.2) is 70.6 Å². The van der Waals surface area contributed by atoms with Crippen LogP contribution in [0.25, 0.3) is 11.1 Å². The summed E-state index contributed by atoms with van der Waals surface area (Å²) in [5.74, 6) is -1.88. The number of carbonyl (C=O) groups excluding carboxylic acids is 2. The van der Waals surface area contributed by atoms with Crippen LogP contribution in [0.1, 0.15) is 32.1 Å². The minimum absolute atomic E-state index is 0.0605. The highest BCUT2D eigenvalue weighted by atomic mass is 32.2. The van der Waals surface area contributed by atoms with E-state index < -0.39 is 44.3 Å². The maximum Gasteiger partial charge on any atom is 0.306 e. The van der Waals surface area contributed by atoms with Gasteiger partial charge >= 0.3 is 5.97 Å². The van der Waals surface area contributed by atoms with Crippen molar-refractivity contribution in [3.05, 3.63) is 66.5 Å². The number of nitrogens with zero attached hydrogens (tertiary/aromatic N) is 1. The number of methoxy groups -OCH3 is 1. The van der Waals surface area contributed by atoms with Crippen molar-refractivity contribution in [3.8, 4) is 11.1 Å². The van der Waals surface area contributed by atoms with E-state index in [0.717, 1.165) is 7.11 Å². The summed E-state index contributed by atoms with van der Waals surface area (Å²) in [6.45, 7) is 0. The number of allylic oxidation sites excluding steroid dienone is 1. The third-order valence-electron chi connectivity index (χ3n) is 7.29. The Kier molecular flexibility index (Phi) is 7.10. The minimum atomic E-state index is -4.26. The fourth-order valence-electron chi connectivity index (χ4n) is 5.46. The number of aliphatic imine (C=N–C) groups is 1. The van der Waals surface area contributed by atoms with E-state index in [2.05, 4.69) is 4.99 Å². The number of halogens is 1. The number of ether oxygens (including phenoxy) is 1. The maximum absolute atomic E-state index is 14.1. The zero-order valence-electron chi connectivity index (χ0n) is 19.7. The molecule has 0 spiro atoms. The predicted octanol–water partition coefficient (Wildman–Crippen LogP) is 3.64. The summed E-state index contributed by atoms with van der Waals surface area (Å²) in [5, 5.41) is 8.11. The van der Waals surface area contributed by atoms with Crippen LogP contribution in [0, 0.1) is 11.2 Å². The lowest BCUT2D eigenvalue weighted by Crippen LogP contribution is -2.60. The molecular weight excluding hydrogens is 487 g/mol. The monoisotopic (exact) mass is 514 g/mol. The second-order valence-corrected chi connectivity index (χ2v) is 11.2. The van der Waals surface area contributed by atoms with Gasteiger partial charge in [-0.05, 0) is 54.3 Å². The first kappa shape index (κ1) is 25.7. The highest BCUT2D eigenvalue weighted by molar-refractivity contribution is 7.92. The van der Waals surface area contributed by atoms with Crippen LogP contribution >= 0.6 is 0 Å². The van der Waals surface area contributed by atoms with Gasteiger partial charge in [-0.15, -0.1) is 0 Å². The Morgan fingerprint density at radius 1 is 1.08 bits per heavy atom. The summed E-state index contributed by atoms with van der Waals surface area (Å²) in [4.78, 5) is 30.0. The first-order valence-electron chi connectivity index (χ1n) is 11.5. The molecule has 36 heavy (non-hydrogen) atoms. The quantitative estimate of drug-likeness (QED) is 0.315. The van der Waals surface area contributed by atoms with Crippen LogP contribution in [0.5, 0.6) is 0 Å². The number of hydrogen-bond donors (Lipinski definition) is 2. The molecule has 1 aliphatic heterocycles. The summed E-state index contributed by atoms with van der Waals surface area (Å²) in [5.41, 5.74) is 0.0959. The average Bonchev–Trinajstić information content (AvgIpc) is 3.59. The van der Waals surface area contributed by atoms with Crippen molar-refractivity contribution in [1.29, 1.82) is 0 Å². The topological polar surface area (TPSA) is 122 Å². The Bertz CT molecular complexity index is 1280. The van der Waals surface area contributed by atoms with E-state index in [-0.39, 0.29) is 23.6 Å². The number of hydrogen-bond acceptors (Lipinski definition) is 7. The van der Waals surface area contributed by atoms with Gasteiger partial charge < -0.3 is 4.74 Å². The van der Waals surface area contributed by atoms with Gasteiger partial charge in [0.15, 0.2) is 9.84 Å². The van der Waals surface area contributed by atoms with Gasteiger partial charge in [0.05, 0.1) is 23.8 Å². The van der Waals surface area contributed by atoms with E-state index in [4.69, 9.17) is 4.74 Å². The van der Waals surface area contributed by atoms with E-state index in [9.17, 15) is 27.6 Å². The molecule has 2 N–H and O–H groups in total. The van der Waals surface area contributed by atoms with Gasteiger partial charge in [-0.3, -0.25) is 19.8 Å². The Balaban J connectivity index is 1.83. The molecule has 4 rings (SSSR count). The molecule has 8 nitrogen and oxygen atoms in total. The average molecular weight is 515 g/mol.